The fourth-order valence-corrected chi connectivity index (χ4v) is 5.17. The minimum atomic E-state index is -1.07. The minimum Gasteiger partial charge on any atom is -0.497 e. The summed E-state index contributed by atoms with van der Waals surface area (Å²) in [5.41, 5.74) is 6.01. The second-order valence-electron chi connectivity index (χ2n) is 9.25. The van der Waals surface area contributed by atoms with E-state index in [1.165, 1.54) is 5.06 Å². The summed E-state index contributed by atoms with van der Waals surface area (Å²) >= 11 is 0. The second-order valence-corrected chi connectivity index (χ2v) is 9.25. The molecule has 1 amide bonds. The molecule has 0 fully saturated rings. The number of carboxylic acids is 1. The molecular formula is C32H29NO7. The molecule has 1 N–H and O–H groups in total. The Balaban J connectivity index is 1.49. The number of carbonyl (C=O) groups excluding carboxylic acids is 1. The summed E-state index contributed by atoms with van der Waals surface area (Å²) in [5.74, 6) is 0.391. The molecule has 0 bridgehead atoms. The number of methoxy groups -OCH3 is 2. The van der Waals surface area contributed by atoms with Crippen LogP contribution in [0.15, 0.2) is 91.0 Å². The van der Waals surface area contributed by atoms with Crippen molar-refractivity contribution in [3.8, 4) is 28.4 Å². The molecule has 4 aromatic carbocycles. The van der Waals surface area contributed by atoms with Crippen molar-refractivity contribution in [1.82, 2.24) is 5.06 Å². The molecule has 0 saturated heterocycles. The van der Waals surface area contributed by atoms with E-state index < -0.39 is 18.6 Å². The van der Waals surface area contributed by atoms with Crippen molar-refractivity contribution < 1.29 is 33.7 Å². The van der Waals surface area contributed by atoms with Crippen LogP contribution in [0.2, 0.25) is 0 Å². The third-order valence-electron chi connectivity index (χ3n) is 7.00. The van der Waals surface area contributed by atoms with Gasteiger partial charge in [0.25, 0.3) is 0 Å². The lowest BCUT2D eigenvalue weighted by molar-refractivity contribution is -0.184. The molecule has 0 spiro atoms. The van der Waals surface area contributed by atoms with Gasteiger partial charge in [0.1, 0.15) is 23.3 Å². The van der Waals surface area contributed by atoms with Crippen molar-refractivity contribution in [2.45, 2.75) is 12.0 Å². The molecule has 0 aromatic heterocycles. The van der Waals surface area contributed by atoms with E-state index in [4.69, 9.17) is 24.2 Å². The lowest BCUT2D eigenvalue weighted by Crippen LogP contribution is -2.30. The fourth-order valence-electron chi connectivity index (χ4n) is 5.17. The number of nitrogens with zero attached hydrogens (tertiary/aromatic N) is 1. The van der Waals surface area contributed by atoms with E-state index in [2.05, 4.69) is 24.3 Å². The zero-order valence-electron chi connectivity index (χ0n) is 22.2. The standard InChI is InChI=1S/C32H29NO7/c1-37-23-15-16-28(30(17-23)38-2)32(21-11-13-22(14-12-21)39-19-31(35)36)33(20-34)40-18-29-26-9-5-3-7-24(26)25-8-4-6-10-27(25)29/h3-17,20,29,32H,18-19H2,1-2H3,(H,35,36). The number of benzene rings is 4. The van der Waals surface area contributed by atoms with Gasteiger partial charge in [-0.1, -0.05) is 60.7 Å². The zero-order chi connectivity index (χ0) is 28.1. The van der Waals surface area contributed by atoms with E-state index in [9.17, 15) is 9.59 Å². The van der Waals surface area contributed by atoms with E-state index in [1.54, 1.807) is 50.6 Å². The molecule has 1 aliphatic carbocycles. The van der Waals surface area contributed by atoms with Gasteiger partial charge in [-0.25, -0.2) is 9.86 Å². The summed E-state index contributed by atoms with van der Waals surface area (Å²) in [5, 5.41) is 10.2. The van der Waals surface area contributed by atoms with Crippen molar-refractivity contribution in [3.63, 3.8) is 0 Å². The first-order chi connectivity index (χ1) is 19.5. The van der Waals surface area contributed by atoms with Crippen LogP contribution >= 0.6 is 0 Å². The molecule has 1 unspecified atom stereocenters. The molecule has 5 rings (SSSR count). The highest BCUT2D eigenvalue weighted by Crippen LogP contribution is 2.45. The first-order valence-electron chi connectivity index (χ1n) is 12.7. The monoisotopic (exact) mass is 539 g/mol. The predicted molar refractivity (Wildman–Crippen MR) is 149 cm³/mol. The summed E-state index contributed by atoms with van der Waals surface area (Å²) in [7, 11) is 3.12. The number of aliphatic carboxylic acids is 1. The van der Waals surface area contributed by atoms with Crippen molar-refractivity contribution in [3.05, 3.63) is 113 Å². The quantitative estimate of drug-likeness (QED) is 0.189. The summed E-state index contributed by atoms with van der Waals surface area (Å²) in [6.45, 7) is -0.218. The number of rotatable bonds is 12. The molecule has 40 heavy (non-hydrogen) atoms. The van der Waals surface area contributed by atoms with Crippen LogP contribution in [0, 0.1) is 0 Å². The zero-order valence-corrected chi connectivity index (χ0v) is 22.2. The van der Waals surface area contributed by atoms with Gasteiger partial charge in [-0.05, 0) is 52.1 Å². The van der Waals surface area contributed by atoms with Gasteiger partial charge in [0.05, 0.1) is 20.8 Å². The normalized spacial score (nSPS) is 12.7. The van der Waals surface area contributed by atoms with Crippen LogP contribution in [0.1, 0.15) is 34.2 Å². The Morgan fingerprint density at radius 2 is 1.50 bits per heavy atom. The third-order valence-corrected chi connectivity index (χ3v) is 7.00. The van der Waals surface area contributed by atoms with Crippen molar-refractivity contribution in [2.24, 2.45) is 0 Å². The topological polar surface area (TPSA) is 94.5 Å². The molecule has 0 saturated carbocycles. The number of hydroxylamine groups is 2. The molecule has 4 aromatic rings. The van der Waals surface area contributed by atoms with Gasteiger partial charge >= 0.3 is 5.97 Å². The average Bonchev–Trinajstić information content (AvgIpc) is 3.32. The number of amides is 1. The molecule has 204 valence electrons. The van der Waals surface area contributed by atoms with Gasteiger partial charge in [0, 0.05) is 17.5 Å². The van der Waals surface area contributed by atoms with Crippen LogP contribution in [0.3, 0.4) is 0 Å². The number of hydrogen-bond acceptors (Lipinski definition) is 6. The number of carbonyl (C=O) groups is 2. The Bertz CT molecular complexity index is 1460. The van der Waals surface area contributed by atoms with Crippen molar-refractivity contribution in [1.29, 1.82) is 0 Å². The number of carboxylic acid groups (broad SMARTS) is 1. The SMILES string of the molecule is COc1ccc(C(c2ccc(OCC(=O)O)cc2)N(C=O)OCC2c3ccccc3-c3ccccc32)c(OC)c1. The summed E-state index contributed by atoms with van der Waals surface area (Å²) in [4.78, 5) is 29.8. The maximum atomic E-state index is 12.6. The first kappa shape index (κ1) is 26.8. The summed E-state index contributed by atoms with van der Waals surface area (Å²) in [6.07, 6.45) is 0.663. The van der Waals surface area contributed by atoms with Gasteiger partial charge in [0.15, 0.2) is 6.61 Å². The molecule has 8 nitrogen and oxygen atoms in total. The number of hydrogen-bond donors (Lipinski definition) is 1. The Morgan fingerprint density at radius 3 is 2.08 bits per heavy atom. The Labute approximate surface area is 232 Å². The van der Waals surface area contributed by atoms with Crippen LogP contribution in [-0.2, 0) is 14.4 Å². The summed E-state index contributed by atoms with van der Waals surface area (Å²) in [6, 6.07) is 28.0. The lowest BCUT2D eigenvalue weighted by atomic mass is 9.97. The van der Waals surface area contributed by atoms with Crippen LogP contribution in [0.5, 0.6) is 17.2 Å². The van der Waals surface area contributed by atoms with Gasteiger partial charge < -0.3 is 19.3 Å². The molecular weight excluding hydrogens is 510 g/mol. The van der Waals surface area contributed by atoms with Crippen LogP contribution in [0.25, 0.3) is 11.1 Å². The number of ether oxygens (including phenoxy) is 3. The van der Waals surface area contributed by atoms with Gasteiger partial charge in [-0.3, -0.25) is 9.63 Å². The van der Waals surface area contributed by atoms with Crippen LogP contribution in [0.4, 0.5) is 0 Å². The van der Waals surface area contributed by atoms with E-state index in [0.717, 1.165) is 22.3 Å². The second kappa shape index (κ2) is 11.9. The Kier molecular flexibility index (Phi) is 7.98. The van der Waals surface area contributed by atoms with Crippen molar-refractivity contribution in [2.75, 3.05) is 27.4 Å². The average molecular weight is 540 g/mol. The van der Waals surface area contributed by atoms with Gasteiger partial charge in [0.2, 0.25) is 6.41 Å². The van der Waals surface area contributed by atoms with E-state index >= 15 is 0 Å². The number of fused-ring (bicyclic) bond motifs is 3. The third kappa shape index (κ3) is 5.34. The highest BCUT2D eigenvalue weighted by atomic mass is 16.7. The largest absolute Gasteiger partial charge is 0.497 e. The highest BCUT2D eigenvalue weighted by Gasteiger charge is 2.31. The van der Waals surface area contributed by atoms with Crippen LogP contribution < -0.4 is 14.2 Å². The van der Waals surface area contributed by atoms with E-state index in [0.29, 0.717) is 34.8 Å². The van der Waals surface area contributed by atoms with E-state index in [-0.39, 0.29) is 12.5 Å². The van der Waals surface area contributed by atoms with Crippen LogP contribution in [-0.4, -0.2) is 50.0 Å². The molecule has 1 atom stereocenters. The van der Waals surface area contributed by atoms with E-state index in [1.807, 2.05) is 30.3 Å². The summed E-state index contributed by atoms with van der Waals surface area (Å²) < 4.78 is 16.3. The smallest absolute Gasteiger partial charge is 0.341 e. The first-order valence-corrected chi connectivity index (χ1v) is 12.7. The maximum Gasteiger partial charge on any atom is 0.341 e. The van der Waals surface area contributed by atoms with Gasteiger partial charge in [-0.15, -0.1) is 0 Å². The molecule has 0 aliphatic heterocycles. The van der Waals surface area contributed by atoms with Gasteiger partial charge in [-0.2, -0.15) is 0 Å². The molecule has 1 aliphatic rings. The molecule has 8 heteroatoms. The van der Waals surface area contributed by atoms with Crippen molar-refractivity contribution >= 4 is 12.4 Å². The Hall–Kier alpha value is -4.82. The predicted octanol–water partition coefficient (Wildman–Crippen LogP) is 5.46. The fraction of sp³-hybridized carbons (Fsp3) is 0.188. The maximum absolute atomic E-state index is 12.6. The minimum absolute atomic E-state index is 0.0555. The highest BCUT2D eigenvalue weighted by molar-refractivity contribution is 5.78. The lowest BCUT2D eigenvalue weighted by Gasteiger charge is -2.30. The molecule has 0 radical (unpaired) electrons. The Morgan fingerprint density at radius 1 is 0.875 bits per heavy atom. The molecule has 0 heterocycles.